The average Bonchev–Trinajstić information content (AvgIpc) is 3.06. The van der Waals surface area contributed by atoms with Crippen molar-refractivity contribution in [3.05, 3.63) is 65.5 Å². The number of hydrogen-bond donors (Lipinski definition) is 4. The maximum Gasteiger partial charge on any atom is 0.251 e. The van der Waals surface area contributed by atoms with E-state index in [0.29, 0.717) is 29.7 Å². The third-order valence-corrected chi connectivity index (χ3v) is 5.01. The van der Waals surface area contributed by atoms with Gasteiger partial charge >= 0.3 is 0 Å². The molecule has 1 saturated carbocycles. The van der Waals surface area contributed by atoms with Crippen LogP contribution in [0.4, 0.5) is 0 Å². The number of hydrogen-bond acceptors (Lipinski definition) is 4. The molecule has 1 aliphatic rings. The van der Waals surface area contributed by atoms with Gasteiger partial charge in [-0.3, -0.25) is 4.79 Å². The van der Waals surface area contributed by atoms with Gasteiger partial charge < -0.3 is 20.5 Å². The van der Waals surface area contributed by atoms with E-state index in [1.807, 2.05) is 30.3 Å². The Kier molecular flexibility index (Phi) is 4.44. The molecule has 1 heterocycles. The lowest BCUT2D eigenvalue weighted by Gasteiger charge is -2.38. The van der Waals surface area contributed by atoms with Crippen LogP contribution in [0.25, 0.3) is 11.0 Å². The van der Waals surface area contributed by atoms with Crippen LogP contribution in [0.5, 0.6) is 0 Å². The molecule has 6 nitrogen and oxygen atoms in total. The minimum Gasteiger partial charge on any atom is -0.393 e. The molecule has 134 valence electrons. The Hall–Kier alpha value is -2.70. The van der Waals surface area contributed by atoms with Crippen molar-refractivity contribution in [1.29, 1.82) is 0 Å². The zero-order valence-corrected chi connectivity index (χ0v) is 14.2. The van der Waals surface area contributed by atoms with Crippen molar-refractivity contribution in [3.8, 4) is 0 Å². The highest BCUT2D eigenvalue weighted by Crippen LogP contribution is 2.38. The van der Waals surface area contributed by atoms with Crippen molar-refractivity contribution in [2.45, 2.75) is 31.6 Å². The monoisotopic (exact) mass is 351 g/mol. The van der Waals surface area contributed by atoms with Crippen LogP contribution in [0.1, 0.15) is 40.6 Å². The van der Waals surface area contributed by atoms with E-state index in [-0.39, 0.29) is 30.6 Å². The summed E-state index contributed by atoms with van der Waals surface area (Å²) in [5.41, 5.74) is 3.01. The van der Waals surface area contributed by atoms with Gasteiger partial charge in [-0.15, -0.1) is 0 Å². The zero-order chi connectivity index (χ0) is 18.1. The number of benzene rings is 2. The molecule has 1 amide bonds. The second-order valence-electron chi connectivity index (χ2n) is 6.82. The summed E-state index contributed by atoms with van der Waals surface area (Å²) in [6.45, 7) is -0.170. The third-order valence-electron chi connectivity index (χ3n) is 5.01. The maximum atomic E-state index is 12.8. The molecule has 0 bridgehead atoms. The van der Waals surface area contributed by atoms with Crippen LogP contribution in [-0.2, 0) is 6.61 Å². The number of nitrogens with zero attached hydrogens (tertiary/aromatic N) is 1. The fourth-order valence-corrected chi connectivity index (χ4v) is 3.54. The van der Waals surface area contributed by atoms with Gasteiger partial charge in [-0.2, -0.15) is 0 Å². The molecular weight excluding hydrogens is 330 g/mol. The molecule has 1 aromatic heterocycles. The van der Waals surface area contributed by atoms with Crippen LogP contribution < -0.4 is 5.32 Å². The van der Waals surface area contributed by atoms with E-state index in [0.717, 1.165) is 11.1 Å². The number of carbonyl (C=O) groups excluding carboxylic acids is 1. The summed E-state index contributed by atoms with van der Waals surface area (Å²) in [4.78, 5) is 20.1. The smallest absolute Gasteiger partial charge is 0.251 e. The normalized spacial score (nSPS) is 20.5. The molecule has 6 heteroatoms. The van der Waals surface area contributed by atoms with Gasteiger partial charge in [0.15, 0.2) is 0 Å². The first-order valence-corrected chi connectivity index (χ1v) is 8.77. The molecule has 1 fully saturated rings. The fourth-order valence-electron chi connectivity index (χ4n) is 3.54. The number of aromatic nitrogens is 2. The molecule has 1 atom stereocenters. The largest absolute Gasteiger partial charge is 0.393 e. The lowest BCUT2D eigenvalue weighted by atomic mass is 9.75. The Morgan fingerprint density at radius 3 is 2.69 bits per heavy atom. The van der Waals surface area contributed by atoms with Crippen molar-refractivity contribution in [2.75, 3.05) is 0 Å². The quantitative estimate of drug-likeness (QED) is 0.567. The van der Waals surface area contributed by atoms with E-state index < -0.39 is 0 Å². The Balaban J connectivity index is 1.58. The SMILES string of the molecule is O=C(N[C@H](c1ccccc1)C1CC(O)C1)c1ccc2nc(CO)[nH]c2c1. The van der Waals surface area contributed by atoms with Gasteiger partial charge in [-0.1, -0.05) is 30.3 Å². The van der Waals surface area contributed by atoms with E-state index in [4.69, 9.17) is 0 Å². The van der Waals surface area contributed by atoms with Crippen LogP contribution in [-0.4, -0.2) is 32.2 Å². The zero-order valence-electron chi connectivity index (χ0n) is 14.2. The van der Waals surface area contributed by atoms with Crippen LogP contribution in [0.2, 0.25) is 0 Å². The molecule has 0 unspecified atom stereocenters. The van der Waals surface area contributed by atoms with E-state index in [1.165, 1.54) is 0 Å². The Morgan fingerprint density at radius 1 is 1.23 bits per heavy atom. The first-order valence-electron chi connectivity index (χ1n) is 8.77. The highest BCUT2D eigenvalue weighted by molar-refractivity contribution is 5.97. The number of carbonyl (C=O) groups is 1. The van der Waals surface area contributed by atoms with Gasteiger partial charge in [0.1, 0.15) is 12.4 Å². The predicted molar refractivity (Wildman–Crippen MR) is 97.4 cm³/mol. The first kappa shape index (κ1) is 16.8. The topological polar surface area (TPSA) is 98.2 Å². The summed E-state index contributed by atoms with van der Waals surface area (Å²) >= 11 is 0. The van der Waals surface area contributed by atoms with Gasteiger partial charge in [-0.05, 0) is 42.5 Å². The highest BCUT2D eigenvalue weighted by atomic mass is 16.3. The van der Waals surface area contributed by atoms with Crippen molar-refractivity contribution in [1.82, 2.24) is 15.3 Å². The number of nitrogens with one attached hydrogen (secondary N) is 2. The number of fused-ring (bicyclic) bond motifs is 1. The number of aliphatic hydroxyl groups is 2. The van der Waals surface area contributed by atoms with Crippen LogP contribution in [0.3, 0.4) is 0 Å². The minimum atomic E-state index is -0.277. The number of aromatic amines is 1. The standard InChI is InChI=1S/C20H21N3O3/c24-11-18-21-16-7-6-13(10-17(16)22-18)20(26)23-19(14-8-15(25)9-14)12-4-2-1-3-5-12/h1-7,10,14-15,19,24-25H,8-9,11H2,(H,21,22)(H,23,26)/t14?,15?,19-/m1/s1. The minimum absolute atomic E-state index is 0.127. The van der Waals surface area contributed by atoms with E-state index in [1.54, 1.807) is 18.2 Å². The van der Waals surface area contributed by atoms with Crippen molar-refractivity contribution in [2.24, 2.45) is 5.92 Å². The lowest BCUT2D eigenvalue weighted by molar-refractivity contribution is 0.0235. The van der Waals surface area contributed by atoms with Gasteiger partial charge in [0, 0.05) is 5.56 Å². The summed E-state index contributed by atoms with van der Waals surface area (Å²) in [7, 11) is 0. The number of rotatable bonds is 5. The number of aliphatic hydroxyl groups excluding tert-OH is 2. The Labute approximate surface area is 150 Å². The summed E-state index contributed by atoms with van der Waals surface area (Å²) in [6.07, 6.45) is 1.11. The van der Waals surface area contributed by atoms with E-state index in [2.05, 4.69) is 15.3 Å². The van der Waals surface area contributed by atoms with Gasteiger partial charge in [0.05, 0.1) is 23.2 Å². The Bertz CT molecular complexity index is 916. The first-order chi connectivity index (χ1) is 12.6. The molecule has 4 rings (SSSR count). The second kappa shape index (κ2) is 6.90. The van der Waals surface area contributed by atoms with Crippen molar-refractivity contribution >= 4 is 16.9 Å². The molecule has 3 aromatic rings. The molecule has 4 N–H and O–H groups in total. The van der Waals surface area contributed by atoms with Crippen LogP contribution >= 0.6 is 0 Å². The van der Waals surface area contributed by atoms with Gasteiger partial charge in [0.2, 0.25) is 0 Å². The van der Waals surface area contributed by atoms with Gasteiger partial charge in [0.25, 0.3) is 5.91 Å². The van der Waals surface area contributed by atoms with Crippen molar-refractivity contribution < 1.29 is 15.0 Å². The fraction of sp³-hybridized carbons (Fsp3) is 0.300. The molecule has 0 saturated heterocycles. The Morgan fingerprint density at radius 2 is 2.00 bits per heavy atom. The van der Waals surface area contributed by atoms with Crippen LogP contribution in [0.15, 0.2) is 48.5 Å². The third kappa shape index (κ3) is 3.21. The predicted octanol–water partition coefficient (Wildman–Crippen LogP) is 2.30. The van der Waals surface area contributed by atoms with Gasteiger partial charge in [-0.25, -0.2) is 4.98 Å². The molecule has 26 heavy (non-hydrogen) atoms. The number of imidazole rings is 1. The van der Waals surface area contributed by atoms with E-state index in [9.17, 15) is 15.0 Å². The summed E-state index contributed by atoms with van der Waals surface area (Å²) in [5.74, 6) is 0.540. The molecule has 2 aromatic carbocycles. The number of amides is 1. The summed E-state index contributed by atoms with van der Waals surface area (Å²) in [5, 5.41) is 22.0. The van der Waals surface area contributed by atoms with Crippen molar-refractivity contribution in [3.63, 3.8) is 0 Å². The molecule has 1 aliphatic carbocycles. The summed E-state index contributed by atoms with van der Waals surface area (Å²) < 4.78 is 0. The maximum absolute atomic E-state index is 12.8. The molecule has 0 radical (unpaired) electrons. The lowest BCUT2D eigenvalue weighted by Crippen LogP contribution is -2.41. The highest BCUT2D eigenvalue weighted by Gasteiger charge is 2.35. The second-order valence-corrected chi connectivity index (χ2v) is 6.82. The number of H-pyrrole nitrogens is 1. The molecule has 0 aliphatic heterocycles. The van der Waals surface area contributed by atoms with E-state index >= 15 is 0 Å². The summed E-state index contributed by atoms with van der Waals surface area (Å²) in [6, 6.07) is 15.0. The molecule has 0 spiro atoms. The average molecular weight is 351 g/mol. The molecular formula is C20H21N3O3. The van der Waals surface area contributed by atoms with Crippen LogP contribution in [0, 0.1) is 5.92 Å².